The Labute approximate surface area is 117 Å². The third-order valence-corrected chi connectivity index (χ3v) is 3.08. The molecule has 3 rings (SSSR count). The van der Waals surface area contributed by atoms with E-state index in [-0.39, 0.29) is 0 Å². The van der Waals surface area contributed by atoms with Crippen molar-refractivity contribution in [2.24, 2.45) is 0 Å². The van der Waals surface area contributed by atoms with Gasteiger partial charge in [0.05, 0.1) is 12.1 Å². The molecule has 2 N–H and O–H groups in total. The zero-order chi connectivity index (χ0) is 13.8. The summed E-state index contributed by atoms with van der Waals surface area (Å²) in [5.41, 5.74) is 8.35. The Hall–Kier alpha value is -2.56. The average molecular weight is 268 g/mol. The molecule has 0 amide bonds. The van der Waals surface area contributed by atoms with Gasteiger partial charge in [0.15, 0.2) is 0 Å². The second-order valence-electron chi connectivity index (χ2n) is 4.57. The molecule has 0 bridgehead atoms. The number of ether oxygens (including phenoxy) is 1. The number of para-hydroxylation sites is 1. The first-order chi connectivity index (χ1) is 9.83. The maximum absolute atomic E-state index is 5.65. The van der Waals surface area contributed by atoms with Crippen molar-refractivity contribution in [3.63, 3.8) is 0 Å². The number of benzene rings is 2. The van der Waals surface area contributed by atoms with E-state index in [1.54, 1.807) is 0 Å². The topological polar surface area (TPSA) is 66.0 Å². The first-order valence-corrected chi connectivity index (χ1v) is 6.59. The number of rotatable bonds is 5. The fourth-order valence-electron chi connectivity index (χ4n) is 2.05. The second kappa shape index (κ2) is 5.61. The number of nitrogens with zero attached hydrogens (tertiary/aromatic N) is 3. The Morgan fingerprint density at radius 1 is 1.05 bits per heavy atom. The Kier molecular flexibility index (Phi) is 3.50. The molecule has 0 unspecified atom stereocenters. The van der Waals surface area contributed by atoms with Crippen LogP contribution >= 0.6 is 0 Å². The molecule has 0 fully saturated rings. The van der Waals surface area contributed by atoms with E-state index in [0.717, 1.165) is 35.4 Å². The van der Waals surface area contributed by atoms with Crippen LogP contribution < -0.4 is 10.5 Å². The molecule has 0 atom stereocenters. The predicted molar refractivity (Wildman–Crippen MR) is 78.5 cm³/mol. The first kappa shape index (κ1) is 12.5. The smallest absolute Gasteiger partial charge is 0.119 e. The Morgan fingerprint density at radius 3 is 2.70 bits per heavy atom. The van der Waals surface area contributed by atoms with Gasteiger partial charge in [-0.3, -0.25) is 0 Å². The van der Waals surface area contributed by atoms with Gasteiger partial charge in [-0.1, -0.05) is 17.3 Å². The highest BCUT2D eigenvalue weighted by molar-refractivity contribution is 5.73. The Balaban J connectivity index is 1.54. The van der Waals surface area contributed by atoms with Crippen molar-refractivity contribution in [1.82, 2.24) is 15.0 Å². The number of nitrogen functional groups attached to an aromatic ring is 1. The molecule has 0 aliphatic rings. The molecule has 0 aliphatic heterocycles. The molecule has 0 aliphatic carbocycles. The second-order valence-corrected chi connectivity index (χ2v) is 4.57. The van der Waals surface area contributed by atoms with Gasteiger partial charge in [-0.15, -0.1) is 5.10 Å². The van der Waals surface area contributed by atoms with Crippen LogP contribution in [0.25, 0.3) is 11.0 Å². The number of aromatic nitrogens is 3. The van der Waals surface area contributed by atoms with Gasteiger partial charge < -0.3 is 10.5 Å². The van der Waals surface area contributed by atoms with E-state index in [0.29, 0.717) is 6.61 Å². The summed E-state index contributed by atoms with van der Waals surface area (Å²) >= 11 is 0. The molecular weight excluding hydrogens is 252 g/mol. The van der Waals surface area contributed by atoms with Gasteiger partial charge in [-0.25, -0.2) is 4.68 Å². The van der Waals surface area contributed by atoms with Crippen molar-refractivity contribution < 1.29 is 4.74 Å². The lowest BCUT2D eigenvalue weighted by atomic mass is 10.3. The standard InChI is InChI=1S/C15H16N4O/c16-12-6-8-13(9-7-12)20-11-3-10-19-15-5-2-1-4-14(15)17-18-19/h1-2,4-9H,3,10-11,16H2. The van der Waals surface area contributed by atoms with Crippen LogP contribution in [0.4, 0.5) is 5.69 Å². The van der Waals surface area contributed by atoms with Crippen LogP contribution in [0, 0.1) is 0 Å². The summed E-state index contributed by atoms with van der Waals surface area (Å²) in [5, 5.41) is 8.27. The molecule has 102 valence electrons. The summed E-state index contributed by atoms with van der Waals surface area (Å²) in [6.45, 7) is 1.42. The SMILES string of the molecule is Nc1ccc(OCCCn2nnc3ccccc32)cc1. The summed E-state index contributed by atoms with van der Waals surface area (Å²) in [7, 11) is 0. The van der Waals surface area contributed by atoms with Gasteiger partial charge in [0.2, 0.25) is 0 Å². The van der Waals surface area contributed by atoms with Crippen LogP contribution in [0.3, 0.4) is 0 Å². The highest BCUT2D eigenvalue weighted by atomic mass is 16.5. The maximum atomic E-state index is 5.65. The lowest BCUT2D eigenvalue weighted by Crippen LogP contribution is -2.06. The van der Waals surface area contributed by atoms with Crippen LogP contribution in [-0.4, -0.2) is 21.6 Å². The monoisotopic (exact) mass is 268 g/mol. The fraction of sp³-hybridized carbons (Fsp3) is 0.200. The third kappa shape index (κ3) is 2.71. The summed E-state index contributed by atoms with van der Waals surface area (Å²) in [5.74, 6) is 0.836. The van der Waals surface area contributed by atoms with E-state index < -0.39 is 0 Å². The van der Waals surface area contributed by atoms with E-state index in [4.69, 9.17) is 10.5 Å². The Bertz CT molecular complexity index is 690. The van der Waals surface area contributed by atoms with Crippen molar-refractivity contribution in [3.8, 4) is 5.75 Å². The van der Waals surface area contributed by atoms with Gasteiger partial charge in [0, 0.05) is 18.7 Å². The van der Waals surface area contributed by atoms with E-state index in [9.17, 15) is 0 Å². The summed E-state index contributed by atoms with van der Waals surface area (Å²) in [6.07, 6.45) is 0.873. The molecule has 5 nitrogen and oxygen atoms in total. The van der Waals surface area contributed by atoms with Crippen molar-refractivity contribution in [2.45, 2.75) is 13.0 Å². The third-order valence-electron chi connectivity index (χ3n) is 3.08. The van der Waals surface area contributed by atoms with Crippen LogP contribution in [-0.2, 0) is 6.54 Å². The van der Waals surface area contributed by atoms with Crippen LogP contribution in [0.1, 0.15) is 6.42 Å². The molecule has 0 saturated carbocycles. The zero-order valence-electron chi connectivity index (χ0n) is 11.1. The van der Waals surface area contributed by atoms with Crippen molar-refractivity contribution in [2.75, 3.05) is 12.3 Å². The highest BCUT2D eigenvalue weighted by Crippen LogP contribution is 2.14. The van der Waals surface area contributed by atoms with Crippen LogP contribution in [0.5, 0.6) is 5.75 Å². The maximum Gasteiger partial charge on any atom is 0.119 e. The largest absolute Gasteiger partial charge is 0.494 e. The highest BCUT2D eigenvalue weighted by Gasteiger charge is 2.02. The van der Waals surface area contributed by atoms with Crippen molar-refractivity contribution >= 4 is 16.7 Å². The van der Waals surface area contributed by atoms with Crippen molar-refractivity contribution in [3.05, 3.63) is 48.5 Å². The molecule has 3 aromatic rings. The van der Waals surface area contributed by atoms with Crippen molar-refractivity contribution in [1.29, 1.82) is 0 Å². The number of anilines is 1. The molecule has 1 aromatic heterocycles. The molecule has 20 heavy (non-hydrogen) atoms. The minimum absolute atomic E-state index is 0.637. The zero-order valence-corrected chi connectivity index (χ0v) is 11.1. The van der Waals surface area contributed by atoms with E-state index in [1.807, 2.05) is 53.2 Å². The van der Waals surface area contributed by atoms with Crippen LogP contribution in [0.2, 0.25) is 0 Å². The quantitative estimate of drug-likeness (QED) is 0.570. The molecule has 0 saturated heterocycles. The minimum atomic E-state index is 0.637. The summed E-state index contributed by atoms with van der Waals surface area (Å²) in [6, 6.07) is 15.4. The average Bonchev–Trinajstić information content (AvgIpc) is 2.89. The summed E-state index contributed by atoms with van der Waals surface area (Å²) in [4.78, 5) is 0. The predicted octanol–water partition coefficient (Wildman–Crippen LogP) is 2.48. The van der Waals surface area contributed by atoms with Gasteiger partial charge in [0.1, 0.15) is 11.3 Å². The van der Waals surface area contributed by atoms with E-state index in [2.05, 4.69) is 10.3 Å². The minimum Gasteiger partial charge on any atom is -0.494 e. The van der Waals surface area contributed by atoms with E-state index in [1.165, 1.54) is 0 Å². The molecule has 0 spiro atoms. The Morgan fingerprint density at radius 2 is 1.85 bits per heavy atom. The van der Waals surface area contributed by atoms with E-state index >= 15 is 0 Å². The normalized spacial score (nSPS) is 10.8. The molecule has 0 radical (unpaired) electrons. The molecule has 2 aromatic carbocycles. The lowest BCUT2D eigenvalue weighted by Gasteiger charge is -2.06. The van der Waals surface area contributed by atoms with Gasteiger partial charge >= 0.3 is 0 Å². The first-order valence-electron chi connectivity index (χ1n) is 6.59. The number of hydrogen-bond donors (Lipinski definition) is 1. The van der Waals surface area contributed by atoms with Gasteiger partial charge in [-0.2, -0.15) is 0 Å². The lowest BCUT2D eigenvalue weighted by molar-refractivity contribution is 0.299. The number of aryl methyl sites for hydroxylation is 1. The fourth-order valence-corrected chi connectivity index (χ4v) is 2.05. The number of nitrogens with two attached hydrogens (primary N) is 1. The number of fused-ring (bicyclic) bond motifs is 1. The number of hydrogen-bond acceptors (Lipinski definition) is 4. The van der Waals surface area contributed by atoms with Gasteiger partial charge in [0.25, 0.3) is 0 Å². The van der Waals surface area contributed by atoms with Crippen LogP contribution in [0.15, 0.2) is 48.5 Å². The van der Waals surface area contributed by atoms with Gasteiger partial charge in [-0.05, 0) is 36.4 Å². The molecule has 1 heterocycles. The molecule has 5 heteroatoms. The summed E-state index contributed by atoms with van der Waals surface area (Å²) < 4.78 is 7.56. The molecular formula is C15H16N4O.